The molecule has 2 aromatic carbocycles. The van der Waals surface area contributed by atoms with Crippen molar-refractivity contribution < 1.29 is 17.2 Å². The van der Waals surface area contributed by atoms with E-state index in [-0.39, 0.29) is 5.69 Å². The van der Waals surface area contributed by atoms with Gasteiger partial charge in [0.2, 0.25) is 0 Å². The second-order valence-electron chi connectivity index (χ2n) is 4.14. The molecule has 7 heteroatoms. The zero-order valence-corrected chi connectivity index (χ0v) is 12.7. The number of hydrogen-bond acceptors (Lipinski definition) is 2. The fraction of sp³-hybridized carbons (Fsp3) is 0.0769. The number of aryl methyl sites for hydroxylation is 1. The number of hydrogen-bond donors (Lipinski definition) is 1. The molecule has 0 spiro atoms. The van der Waals surface area contributed by atoms with Crippen molar-refractivity contribution in [1.29, 1.82) is 0 Å². The third kappa shape index (κ3) is 3.16. The van der Waals surface area contributed by atoms with Gasteiger partial charge in [0.15, 0.2) is 0 Å². The van der Waals surface area contributed by atoms with Crippen LogP contribution in [0.4, 0.5) is 14.5 Å². The van der Waals surface area contributed by atoms with E-state index in [1.54, 1.807) is 0 Å². The van der Waals surface area contributed by atoms with Crippen LogP contribution in [0.3, 0.4) is 0 Å². The smallest absolute Gasteiger partial charge is 0.264 e. The van der Waals surface area contributed by atoms with E-state index in [0.29, 0.717) is 10.0 Å². The van der Waals surface area contributed by atoms with Gasteiger partial charge in [-0.3, -0.25) is 4.72 Å². The average molecular weight is 362 g/mol. The number of rotatable bonds is 3. The maximum atomic E-state index is 13.7. The molecule has 0 radical (unpaired) electrons. The molecule has 0 saturated heterocycles. The summed E-state index contributed by atoms with van der Waals surface area (Å²) in [7, 11) is -4.06. The zero-order chi connectivity index (χ0) is 14.9. The lowest BCUT2D eigenvalue weighted by molar-refractivity contribution is 0.569. The molecular formula is C13H10BrF2NO2S. The minimum Gasteiger partial charge on any atom is -0.280 e. The largest absolute Gasteiger partial charge is 0.280 e. The van der Waals surface area contributed by atoms with Gasteiger partial charge in [0, 0.05) is 10.2 Å². The molecule has 0 aromatic heterocycles. The monoisotopic (exact) mass is 361 g/mol. The van der Waals surface area contributed by atoms with Gasteiger partial charge in [-0.1, -0.05) is 15.9 Å². The standard InChI is InChI=1S/C13H10BrF2NO2S/c1-8-6-10(3-4-11(8)15)17-20(18,19)13-5-2-9(14)7-12(13)16/h2-7,17H,1H3. The summed E-state index contributed by atoms with van der Waals surface area (Å²) in [5.74, 6) is -1.31. The lowest BCUT2D eigenvalue weighted by Gasteiger charge is -2.10. The molecule has 2 aromatic rings. The van der Waals surface area contributed by atoms with Crippen molar-refractivity contribution in [2.75, 3.05) is 4.72 Å². The van der Waals surface area contributed by atoms with E-state index in [1.807, 2.05) is 0 Å². The lowest BCUT2D eigenvalue weighted by Crippen LogP contribution is -2.14. The van der Waals surface area contributed by atoms with Gasteiger partial charge in [-0.15, -0.1) is 0 Å². The molecule has 0 bridgehead atoms. The number of anilines is 1. The number of sulfonamides is 1. The Hall–Kier alpha value is -1.47. The van der Waals surface area contributed by atoms with E-state index in [1.165, 1.54) is 25.1 Å². The molecule has 0 aliphatic rings. The molecule has 106 valence electrons. The van der Waals surface area contributed by atoms with E-state index in [9.17, 15) is 17.2 Å². The topological polar surface area (TPSA) is 46.2 Å². The van der Waals surface area contributed by atoms with Gasteiger partial charge in [0.1, 0.15) is 16.5 Å². The van der Waals surface area contributed by atoms with Crippen molar-refractivity contribution in [2.24, 2.45) is 0 Å². The van der Waals surface area contributed by atoms with Crippen molar-refractivity contribution >= 4 is 31.6 Å². The summed E-state index contributed by atoms with van der Waals surface area (Å²) in [6.45, 7) is 1.51. The maximum absolute atomic E-state index is 13.7. The van der Waals surface area contributed by atoms with Crippen LogP contribution in [0.5, 0.6) is 0 Å². The molecule has 1 N–H and O–H groups in total. The van der Waals surface area contributed by atoms with Gasteiger partial charge in [0.25, 0.3) is 10.0 Å². The van der Waals surface area contributed by atoms with Crippen molar-refractivity contribution in [3.05, 3.63) is 58.1 Å². The summed E-state index contributed by atoms with van der Waals surface area (Å²) in [5, 5.41) is 0. The van der Waals surface area contributed by atoms with Gasteiger partial charge >= 0.3 is 0 Å². The Morgan fingerprint density at radius 3 is 2.35 bits per heavy atom. The van der Waals surface area contributed by atoms with Gasteiger partial charge in [-0.05, 0) is 48.9 Å². The lowest BCUT2D eigenvalue weighted by atomic mass is 10.2. The van der Waals surface area contributed by atoms with Crippen LogP contribution >= 0.6 is 15.9 Å². The summed E-state index contributed by atoms with van der Waals surface area (Å²) in [4.78, 5) is -0.470. The van der Waals surface area contributed by atoms with E-state index in [0.717, 1.165) is 18.2 Å². The summed E-state index contributed by atoms with van der Waals surface area (Å²) < 4.78 is 53.6. The highest BCUT2D eigenvalue weighted by atomic mass is 79.9. The fourth-order valence-electron chi connectivity index (χ4n) is 1.61. The number of benzene rings is 2. The van der Waals surface area contributed by atoms with Crippen LogP contribution in [0.2, 0.25) is 0 Å². The highest BCUT2D eigenvalue weighted by Crippen LogP contribution is 2.23. The predicted octanol–water partition coefficient (Wildman–Crippen LogP) is 3.84. The van der Waals surface area contributed by atoms with Crippen molar-refractivity contribution in [2.45, 2.75) is 11.8 Å². The molecule has 0 amide bonds. The van der Waals surface area contributed by atoms with Crippen LogP contribution in [0.1, 0.15) is 5.56 Å². The minimum absolute atomic E-state index is 0.172. The van der Waals surface area contributed by atoms with Gasteiger partial charge in [-0.2, -0.15) is 0 Å². The first-order valence-electron chi connectivity index (χ1n) is 5.53. The Bertz CT molecular complexity index is 763. The van der Waals surface area contributed by atoms with Crippen LogP contribution in [0.15, 0.2) is 45.8 Å². The molecule has 0 aliphatic heterocycles. The molecule has 0 unspecified atom stereocenters. The second kappa shape index (κ2) is 5.49. The molecule has 0 fully saturated rings. The molecule has 0 heterocycles. The first-order valence-corrected chi connectivity index (χ1v) is 7.81. The quantitative estimate of drug-likeness (QED) is 0.902. The summed E-state index contributed by atoms with van der Waals surface area (Å²) in [6.07, 6.45) is 0. The van der Waals surface area contributed by atoms with Crippen LogP contribution in [0, 0.1) is 18.6 Å². The van der Waals surface area contributed by atoms with E-state index in [2.05, 4.69) is 20.7 Å². The number of nitrogens with one attached hydrogen (secondary N) is 1. The molecule has 20 heavy (non-hydrogen) atoms. The van der Waals surface area contributed by atoms with Crippen LogP contribution in [0.25, 0.3) is 0 Å². The molecule has 0 aliphatic carbocycles. The van der Waals surface area contributed by atoms with Gasteiger partial charge < -0.3 is 0 Å². The number of halogens is 3. The predicted molar refractivity (Wildman–Crippen MR) is 76.0 cm³/mol. The Morgan fingerprint density at radius 2 is 1.75 bits per heavy atom. The van der Waals surface area contributed by atoms with E-state index >= 15 is 0 Å². The van der Waals surface area contributed by atoms with Crippen LogP contribution in [-0.2, 0) is 10.0 Å². The minimum atomic E-state index is -4.06. The third-order valence-electron chi connectivity index (χ3n) is 2.59. The SMILES string of the molecule is Cc1cc(NS(=O)(=O)c2ccc(Br)cc2F)ccc1F. The molecule has 0 atom stereocenters. The van der Waals surface area contributed by atoms with Crippen molar-refractivity contribution in [1.82, 2.24) is 0 Å². The van der Waals surface area contributed by atoms with Crippen molar-refractivity contribution in [3.63, 3.8) is 0 Å². The summed E-state index contributed by atoms with van der Waals surface area (Å²) >= 11 is 3.05. The highest BCUT2D eigenvalue weighted by Gasteiger charge is 2.19. The Balaban J connectivity index is 2.38. The van der Waals surface area contributed by atoms with Gasteiger partial charge in [-0.25, -0.2) is 17.2 Å². The second-order valence-corrected chi connectivity index (χ2v) is 6.71. The fourth-order valence-corrected chi connectivity index (χ4v) is 3.05. The summed E-state index contributed by atoms with van der Waals surface area (Å²) in [5.41, 5.74) is 0.465. The highest BCUT2D eigenvalue weighted by molar-refractivity contribution is 9.10. The zero-order valence-electron chi connectivity index (χ0n) is 10.3. The summed E-state index contributed by atoms with van der Waals surface area (Å²) in [6, 6.07) is 7.39. The van der Waals surface area contributed by atoms with E-state index in [4.69, 9.17) is 0 Å². The first-order chi connectivity index (χ1) is 9.29. The van der Waals surface area contributed by atoms with Gasteiger partial charge in [0.05, 0.1) is 0 Å². The average Bonchev–Trinajstić information content (AvgIpc) is 2.33. The molecule has 2 rings (SSSR count). The van der Waals surface area contributed by atoms with Crippen molar-refractivity contribution in [3.8, 4) is 0 Å². The maximum Gasteiger partial charge on any atom is 0.264 e. The van der Waals surface area contributed by atoms with Crippen LogP contribution < -0.4 is 4.72 Å². The third-order valence-corrected chi connectivity index (χ3v) is 4.50. The van der Waals surface area contributed by atoms with E-state index < -0.39 is 26.6 Å². The Morgan fingerprint density at radius 1 is 1.05 bits per heavy atom. The Labute approximate surface area is 123 Å². The molecular weight excluding hydrogens is 352 g/mol. The molecule has 0 saturated carbocycles. The normalized spacial score (nSPS) is 11.4. The Kier molecular flexibility index (Phi) is 4.10. The molecule has 3 nitrogen and oxygen atoms in total. The van der Waals surface area contributed by atoms with Crippen LogP contribution in [-0.4, -0.2) is 8.42 Å². The first kappa shape index (κ1) is 14.9.